The van der Waals surface area contributed by atoms with Crippen molar-refractivity contribution in [1.82, 2.24) is 19.9 Å². The first-order chi connectivity index (χ1) is 12.8. The Morgan fingerprint density at radius 3 is 2.81 bits per heavy atom. The van der Waals surface area contributed by atoms with Gasteiger partial charge in [-0.1, -0.05) is 12.1 Å². The number of aromatic nitrogens is 3. The van der Waals surface area contributed by atoms with Crippen molar-refractivity contribution in [1.29, 1.82) is 0 Å². The van der Waals surface area contributed by atoms with Gasteiger partial charge in [0.2, 0.25) is 5.91 Å². The molecular formula is C20H24N4O2. The second-order valence-electron chi connectivity index (χ2n) is 6.42. The van der Waals surface area contributed by atoms with Crippen LogP contribution in [-0.2, 0) is 22.4 Å². The van der Waals surface area contributed by atoms with Gasteiger partial charge in [-0.15, -0.1) is 6.58 Å². The van der Waals surface area contributed by atoms with Gasteiger partial charge in [-0.05, 0) is 36.5 Å². The molecule has 2 aromatic rings. The number of hydrogen-bond donors (Lipinski definition) is 0. The first-order valence-electron chi connectivity index (χ1n) is 8.92. The Balaban J connectivity index is 1.66. The van der Waals surface area contributed by atoms with Crippen molar-refractivity contribution in [3.63, 3.8) is 0 Å². The summed E-state index contributed by atoms with van der Waals surface area (Å²) in [7, 11) is 0. The Labute approximate surface area is 154 Å². The van der Waals surface area contributed by atoms with Crippen LogP contribution < -0.4 is 0 Å². The van der Waals surface area contributed by atoms with Gasteiger partial charge in [-0.2, -0.15) is 0 Å². The Kier molecular flexibility index (Phi) is 6.44. The van der Waals surface area contributed by atoms with E-state index in [1.165, 1.54) is 6.33 Å². The third-order valence-electron chi connectivity index (χ3n) is 4.64. The molecule has 2 aromatic heterocycles. The molecule has 2 atom stereocenters. The molecule has 1 aliphatic heterocycles. The molecule has 3 heterocycles. The van der Waals surface area contributed by atoms with Crippen LogP contribution in [0.3, 0.4) is 0 Å². The molecule has 1 aliphatic rings. The minimum atomic E-state index is 0.0252. The van der Waals surface area contributed by atoms with Gasteiger partial charge in [0.05, 0.1) is 18.8 Å². The molecule has 6 nitrogen and oxygen atoms in total. The van der Waals surface area contributed by atoms with Crippen molar-refractivity contribution >= 4 is 5.91 Å². The summed E-state index contributed by atoms with van der Waals surface area (Å²) in [5.41, 5.74) is 2.09. The number of aryl methyl sites for hydroxylation is 1. The number of pyridine rings is 1. The van der Waals surface area contributed by atoms with Gasteiger partial charge >= 0.3 is 0 Å². The van der Waals surface area contributed by atoms with Crippen LogP contribution in [0, 0.1) is 0 Å². The highest BCUT2D eigenvalue weighted by Crippen LogP contribution is 2.25. The number of carbonyl (C=O) groups excluding carboxylic acids is 1. The summed E-state index contributed by atoms with van der Waals surface area (Å²) in [5, 5.41) is 0. The van der Waals surface area contributed by atoms with E-state index in [4.69, 9.17) is 4.74 Å². The van der Waals surface area contributed by atoms with Gasteiger partial charge in [0, 0.05) is 37.8 Å². The van der Waals surface area contributed by atoms with Crippen LogP contribution in [-0.4, -0.2) is 51.1 Å². The third-order valence-corrected chi connectivity index (χ3v) is 4.64. The topological polar surface area (TPSA) is 68.2 Å². The van der Waals surface area contributed by atoms with Gasteiger partial charge in [0.15, 0.2) is 0 Å². The molecule has 1 fully saturated rings. The largest absolute Gasteiger partial charge is 0.372 e. The maximum absolute atomic E-state index is 12.8. The lowest BCUT2D eigenvalue weighted by molar-refractivity contribution is -0.133. The molecule has 0 spiro atoms. The fraction of sp³-hybridized carbons (Fsp3) is 0.400. The third kappa shape index (κ3) is 4.73. The lowest BCUT2D eigenvalue weighted by Crippen LogP contribution is -2.42. The van der Waals surface area contributed by atoms with Crippen LogP contribution in [0.2, 0.25) is 0 Å². The van der Waals surface area contributed by atoms with E-state index in [0.29, 0.717) is 19.4 Å². The molecule has 0 aromatic carbocycles. The minimum absolute atomic E-state index is 0.0252. The molecule has 1 amide bonds. The van der Waals surface area contributed by atoms with E-state index in [-0.39, 0.29) is 18.1 Å². The van der Waals surface area contributed by atoms with Gasteiger partial charge < -0.3 is 9.64 Å². The Hall–Kier alpha value is -2.60. The number of likely N-dealkylation sites (tertiary alicyclic amines) is 1. The van der Waals surface area contributed by atoms with Crippen LogP contribution in [0.25, 0.3) is 0 Å². The van der Waals surface area contributed by atoms with E-state index >= 15 is 0 Å². The predicted molar refractivity (Wildman–Crippen MR) is 98.3 cm³/mol. The summed E-state index contributed by atoms with van der Waals surface area (Å²) in [5.74, 6) is 0.146. The zero-order chi connectivity index (χ0) is 18.2. The number of rotatable bonds is 8. The van der Waals surface area contributed by atoms with E-state index in [9.17, 15) is 4.79 Å². The van der Waals surface area contributed by atoms with E-state index in [2.05, 4.69) is 21.5 Å². The van der Waals surface area contributed by atoms with Crippen molar-refractivity contribution < 1.29 is 9.53 Å². The maximum atomic E-state index is 12.8. The first-order valence-corrected chi connectivity index (χ1v) is 8.92. The van der Waals surface area contributed by atoms with E-state index in [0.717, 1.165) is 30.5 Å². The van der Waals surface area contributed by atoms with Gasteiger partial charge in [-0.3, -0.25) is 9.78 Å². The molecule has 1 saturated heterocycles. The minimum Gasteiger partial charge on any atom is -0.372 e. The molecular weight excluding hydrogens is 328 g/mol. The van der Waals surface area contributed by atoms with Gasteiger partial charge in [0.1, 0.15) is 6.33 Å². The SMILES string of the molecule is C=CCO[C@H]1CCN(C(=O)CCc2cncnc2)[C@H]1Cc1cccnc1. The van der Waals surface area contributed by atoms with Crippen molar-refractivity contribution in [3.05, 3.63) is 67.0 Å². The Morgan fingerprint density at radius 2 is 2.08 bits per heavy atom. The molecule has 0 aliphatic carbocycles. The summed E-state index contributed by atoms with van der Waals surface area (Å²) < 4.78 is 5.93. The molecule has 136 valence electrons. The van der Waals surface area contributed by atoms with Crippen LogP contribution in [0.5, 0.6) is 0 Å². The smallest absolute Gasteiger partial charge is 0.223 e. The molecule has 0 bridgehead atoms. The summed E-state index contributed by atoms with van der Waals surface area (Å²) in [6, 6.07) is 3.99. The average molecular weight is 352 g/mol. The lowest BCUT2D eigenvalue weighted by atomic mass is 10.0. The highest BCUT2D eigenvalue weighted by Gasteiger charge is 2.37. The number of hydrogen-bond acceptors (Lipinski definition) is 5. The predicted octanol–water partition coefficient (Wildman–Crippen LogP) is 2.22. The maximum Gasteiger partial charge on any atom is 0.223 e. The molecule has 6 heteroatoms. The highest BCUT2D eigenvalue weighted by atomic mass is 16.5. The normalized spacial score (nSPS) is 19.5. The summed E-state index contributed by atoms with van der Waals surface area (Å²) >= 11 is 0. The molecule has 26 heavy (non-hydrogen) atoms. The average Bonchev–Trinajstić information content (AvgIpc) is 3.08. The van der Waals surface area contributed by atoms with E-state index < -0.39 is 0 Å². The number of ether oxygens (including phenoxy) is 1. The fourth-order valence-corrected chi connectivity index (χ4v) is 3.38. The quantitative estimate of drug-likeness (QED) is 0.682. The number of nitrogens with zero attached hydrogens (tertiary/aromatic N) is 4. The second kappa shape index (κ2) is 9.20. The van der Waals surface area contributed by atoms with Crippen molar-refractivity contribution in [3.8, 4) is 0 Å². The number of amides is 1. The fourth-order valence-electron chi connectivity index (χ4n) is 3.38. The lowest BCUT2D eigenvalue weighted by Gasteiger charge is -2.28. The van der Waals surface area contributed by atoms with Gasteiger partial charge in [-0.25, -0.2) is 9.97 Å². The summed E-state index contributed by atoms with van der Waals surface area (Å²) in [6.07, 6.45) is 13.1. The molecule has 3 rings (SSSR count). The highest BCUT2D eigenvalue weighted by molar-refractivity contribution is 5.77. The Morgan fingerprint density at radius 1 is 1.27 bits per heavy atom. The first kappa shape index (κ1) is 18.2. The Bertz CT molecular complexity index is 708. The van der Waals surface area contributed by atoms with Crippen molar-refractivity contribution in [2.24, 2.45) is 0 Å². The van der Waals surface area contributed by atoms with Crippen LogP contribution in [0.15, 0.2) is 55.9 Å². The van der Waals surface area contributed by atoms with Crippen LogP contribution in [0.4, 0.5) is 0 Å². The van der Waals surface area contributed by atoms with E-state index in [1.54, 1.807) is 24.7 Å². The van der Waals surface area contributed by atoms with Crippen molar-refractivity contribution in [2.75, 3.05) is 13.2 Å². The molecule has 0 N–H and O–H groups in total. The molecule has 0 unspecified atom stereocenters. The van der Waals surface area contributed by atoms with Gasteiger partial charge in [0.25, 0.3) is 0 Å². The van der Waals surface area contributed by atoms with Crippen LogP contribution in [0.1, 0.15) is 24.0 Å². The molecule has 0 radical (unpaired) electrons. The summed E-state index contributed by atoms with van der Waals surface area (Å²) in [6.45, 7) is 4.94. The van der Waals surface area contributed by atoms with E-state index in [1.807, 2.05) is 23.2 Å². The van der Waals surface area contributed by atoms with Crippen molar-refractivity contribution in [2.45, 2.75) is 37.8 Å². The number of carbonyl (C=O) groups is 1. The van der Waals surface area contributed by atoms with Crippen LogP contribution >= 0.6 is 0 Å². The second-order valence-corrected chi connectivity index (χ2v) is 6.42. The molecule has 0 saturated carbocycles. The zero-order valence-electron chi connectivity index (χ0n) is 14.8. The summed E-state index contributed by atoms with van der Waals surface area (Å²) in [4.78, 5) is 27.0. The standard InChI is InChI=1S/C20H24N4O2/c1-2-10-26-19-7-9-24(18(19)11-16-4-3-8-21-12-16)20(25)6-5-17-13-22-15-23-14-17/h2-4,8,12-15,18-19H,1,5-7,9-11H2/t18-,19-/m0/s1. The zero-order valence-corrected chi connectivity index (χ0v) is 14.8. The monoisotopic (exact) mass is 352 g/mol.